The van der Waals surface area contributed by atoms with Crippen molar-refractivity contribution in [2.24, 2.45) is 0 Å². The van der Waals surface area contributed by atoms with Gasteiger partial charge in [-0.25, -0.2) is 4.79 Å². The molecule has 2 heterocycles. The van der Waals surface area contributed by atoms with Crippen LogP contribution in [0.2, 0.25) is 0 Å². The van der Waals surface area contributed by atoms with Crippen molar-refractivity contribution >= 4 is 22.3 Å². The first-order valence-corrected chi connectivity index (χ1v) is 5.47. The van der Waals surface area contributed by atoms with Gasteiger partial charge in [-0.2, -0.15) is 0 Å². The molecule has 2 aromatic rings. The molecule has 0 unspecified atom stereocenters. The van der Waals surface area contributed by atoms with Gasteiger partial charge in [-0.05, 0) is 6.07 Å². The van der Waals surface area contributed by atoms with Crippen molar-refractivity contribution in [2.75, 3.05) is 12.8 Å². The highest BCUT2D eigenvalue weighted by Crippen LogP contribution is 2.33. The summed E-state index contributed by atoms with van der Waals surface area (Å²) in [4.78, 5) is 15.6. The Labute approximate surface area is 96.7 Å². The summed E-state index contributed by atoms with van der Waals surface area (Å²) in [6.07, 6.45) is 3.37. The van der Waals surface area contributed by atoms with Crippen LogP contribution in [0.1, 0.15) is 10.4 Å². The van der Waals surface area contributed by atoms with E-state index in [2.05, 4.69) is 4.98 Å². The zero-order chi connectivity index (χ0) is 11.5. The van der Waals surface area contributed by atoms with Gasteiger partial charge >= 0.3 is 5.97 Å². The largest absolute Gasteiger partial charge is 0.465 e. The van der Waals surface area contributed by atoms with Crippen molar-refractivity contribution in [3.63, 3.8) is 0 Å². The molecule has 0 radical (unpaired) electrons. The number of hydrogen-bond acceptors (Lipinski definition) is 5. The Bertz CT molecular complexity index is 508. The van der Waals surface area contributed by atoms with Gasteiger partial charge in [0.2, 0.25) is 0 Å². The highest BCUT2D eigenvalue weighted by Gasteiger charge is 2.18. The third-order valence-electron chi connectivity index (χ3n) is 2.18. The standard InChI is InChI=1S/C11H10N2O2S/c1-15-11(14)9-8(6-16-10(9)12)7-3-2-4-13-5-7/h2-6H,12H2,1H3. The highest BCUT2D eigenvalue weighted by atomic mass is 32.1. The average molecular weight is 234 g/mol. The summed E-state index contributed by atoms with van der Waals surface area (Å²) in [7, 11) is 1.34. The Morgan fingerprint density at radius 2 is 2.38 bits per heavy atom. The van der Waals surface area contributed by atoms with Crippen LogP contribution in [0.25, 0.3) is 11.1 Å². The Balaban J connectivity index is 2.55. The molecule has 0 spiro atoms. The number of aromatic nitrogens is 1. The van der Waals surface area contributed by atoms with Crippen LogP contribution in [0.15, 0.2) is 29.9 Å². The lowest BCUT2D eigenvalue weighted by Gasteiger charge is -2.02. The van der Waals surface area contributed by atoms with Crippen molar-refractivity contribution < 1.29 is 9.53 Å². The van der Waals surface area contributed by atoms with Crippen LogP contribution in [-0.2, 0) is 4.74 Å². The quantitative estimate of drug-likeness (QED) is 0.809. The predicted octanol–water partition coefficient (Wildman–Crippen LogP) is 2.18. The van der Waals surface area contributed by atoms with E-state index in [1.54, 1.807) is 12.4 Å². The molecular weight excluding hydrogens is 224 g/mol. The van der Waals surface area contributed by atoms with Gasteiger partial charge in [-0.1, -0.05) is 6.07 Å². The fourth-order valence-corrected chi connectivity index (χ4v) is 2.23. The molecule has 5 heteroatoms. The van der Waals surface area contributed by atoms with Crippen molar-refractivity contribution in [3.05, 3.63) is 35.5 Å². The second kappa shape index (κ2) is 4.32. The number of nitrogens with two attached hydrogens (primary N) is 1. The zero-order valence-corrected chi connectivity index (χ0v) is 9.45. The number of carbonyl (C=O) groups is 1. The summed E-state index contributed by atoms with van der Waals surface area (Å²) in [5, 5.41) is 2.30. The average Bonchev–Trinajstić information content (AvgIpc) is 2.71. The van der Waals surface area contributed by atoms with Gasteiger partial charge in [0.1, 0.15) is 10.6 Å². The summed E-state index contributed by atoms with van der Waals surface area (Å²) in [5.74, 6) is -0.419. The zero-order valence-electron chi connectivity index (χ0n) is 8.64. The molecule has 0 fully saturated rings. The summed E-state index contributed by atoms with van der Waals surface area (Å²) >= 11 is 1.32. The Morgan fingerprint density at radius 3 is 3.00 bits per heavy atom. The Hall–Kier alpha value is -1.88. The molecule has 16 heavy (non-hydrogen) atoms. The maximum atomic E-state index is 11.6. The van der Waals surface area contributed by atoms with Crippen LogP contribution < -0.4 is 5.73 Å². The van der Waals surface area contributed by atoms with Gasteiger partial charge in [0.05, 0.1) is 7.11 Å². The topological polar surface area (TPSA) is 65.2 Å². The fourth-order valence-electron chi connectivity index (χ4n) is 1.42. The van der Waals surface area contributed by atoms with E-state index in [1.165, 1.54) is 18.4 Å². The molecule has 82 valence electrons. The molecule has 0 aliphatic rings. The number of hydrogen-bond donors (Lipinski definition) is 1. The van der Waals surface area contributed by atoms with E-state index in [9.17, 15) is 4.79 Å². The van der Waals surface area contributed by atoms with E-state index in [-0.39, 0.29) is 0 Å². The molecule has 0 atom stereocenters. The molecule has 2 aromatic heterocycles. The number of esters is 1. The number of methoxy groups -OCH3 is 1. The number of rotatable bonds is 2. The number of nitrogens with zero attached hydrogens (tertiary/aromatic N) is 1. The van der Waals surface area contributed by atoms with Crippen LogP contribution in [0.5, 0.6) is 0 Å². The maximum absolute atomic E-state index is 11.6. The van der Waals surface area contributed by atoms with Crippen LogP contribution >= 0.6 is 11.3 Å². The molecule has 0 aliphatic carbocycles. The van der Waals surface area contributed by atoms with E-state index < -0.39 is 5.97 Å². The van der Waals surface area contributed by atoms with Gasteiger partial charge in [0.15, 0.2) is 0 Å². The third-order valence-corrected chi connectivity index (χ3v) is 2.99. The first-order valence-electron chi connectivity index (χ1n) is 4.59. The maximum Gasteiger partial charge on any atom is 0.341 e. The van der Waals surface area contributed by atoms with Crippen molar-refractivity contribution in [1.82, 2.24) is 4.98 Å². The molecule has 0 saturated heterocycles. The Kier molecular flexibility index (Phi) is 2.87. The fraction of sp³-hybridized carbons (Fsp3) is 0.0909. The van der Waals surface area contributed by atoms with E-state index in [0.717, 1.165) is 11.1 Å². The minimum atomic E-state index is -0.419. The molecule has 0 bridgehead atoms. The molecule has 0 saturated carbocycles. The normalized spacial score (nSPS) is 10.1. The molecule has 4 nitrogen and oxygen atoms in total. The lowest BCUT2D eigenvalue weighted by Crippen LogP contribution is -2.04. The van der Waals surface area contributed by atoms with Crippen molar-refractivity contribution in [2.45, 2.75) is 0 Å². The molecule has 0 aliphatic heterocycles. The van der Waals surface area contributed by atoms with Gasteiger partial charge in [-0.15, -0.1) is 11.3 Å². The van der Waals surface area contributed by atoms with Gasteiger partial charge in [0.25, 0.3) is 0 Å². The van der Waals surface area contributed by atoms with Crippen LogP contribution in [0, 0.1) is 0 Å². The lowest BCUT2D eigenvalue weighted by molar-refractivity contribution is 0.0603. The minimum absolute atomic E-state index is 0.417. The smallest absolute Gasteiger partial charge is 0.341 e. The summed E-state index contributed by atoms with van der Waals surface area (Å²) in [6, 6.07) is 3.69. The number of nitrogen functional groups attached to an aromatic ring is 1. The first-order chi connectivity index (χ1) is 7.74. The summed E-state index contributed by atoms with van der Waals surface area (Å²) in [5.41, 5.74) is 7.79. The van der Waals surface area contributed by atoms with E-state index >= 15 is 0 Å². The van der Waals surface area contributed by atoms with E-state index in [1.807, 2.05) is 17.5 Å². The molecule has 2 rings (SSSR count). The first kappa shape index (κ1) is 10.6. The number of anilines is 1. The minimum Gasteiger partial charge on any atom is -0.465 e. The SMILES string of the molecule is COC(=O)c1c(-c2cccnc2)csc1N. The molecule has 0 amide bonds. The summed E-state index contributed by atoms with van der Waals surface area (Å²) in [6.45, 7) is 0. The van der Waals surface area contributed by atoms with Gasteiger partial charge < -0.3 is 10.5 Å². The third kappa shape index (κ3) is 1.77. The number of thiophene rings is 1. The second-order valence-corrected chi connectivity index (χ2v) is 4.03. The molecule has 2 N–H and O–H groups in total. The summed E-state index contributed by atoms with van der Waals surface area (Å²) < 4.78 is 4.70. The van der Waals surface area contributed by atoms with Gasteiger partial charge in [-0.3, -0.25) is 4.98 Å². The molecular formula is C11H10N2O2S. The highest BCUT2D eigenvalue weighted by molar-refractivity contribution is 7.14. The lowest BCUT2D eigenvalue weighted by atomic mass is 10.1. The van der Waals surface area contributed by atoms with Crippen LogP contribution in [0.4, 0.5) is 5.00 Å². The van der Waals surface area contributed by atoms with E-state index in [4.69, 9.17) is 10.5 Å². The number of carbonyl (C=O) groups excluding carboxylic acids is 1. The van der Waals surface area contributed by atoms with Gasteiger partial charge in [0, 0.05) is 28.9 Å². The van der Waals surface area contributed by atoms with Crippen molar-refractivity contribution in [1.29, 1.82) is 0 Å². The second-order valence-electron chi connectivity index (χ2n) is 3.12. The van der Waals surface area contributed by atoms with E-state index in [0.29, 0.717) is 10.6 Å². The predicted molar refractivity (Wildman–Crippen MR) is 63.3 cm³/mol. The monoisotopic (exact) mass is 234 g/mol. The number of pyridine rings is 1. The van der Waals surface area contributed by atoms with Crippen molar-refractivity contribution in [3.8, 4) is 11.1 Å². The molecule has 0 aromatic carbocycles. The Morgan fingerprint density at radius 1 is 1.56 bits per heavy atom. The van der Waals surface area contributed by atoms with Crippen LogP contribution in [0.3, 0.4) is 0 Å². The van der Waals surface area contributed by atoms with Crippen LogP contribution in [-0.4, -0.2) is 18.1 Å². The number of ether oxygens (including phenoxy) is 1.